The predicted molar refractivity (Wildman–Crippen MR) is 63.8 cm³/mol. The molecule has 1 saturated carbocycles. The number of Topliss-reactive ketones (excluding diaryl/α,β-unsaturated/α-hetero) is 1. The number of hydrogen-bond donors (Lipinski definition) is 0. The molecule has 0 heterocycles. The summed E-state index contributed by atoms with van der Waals surface area (Å²) in [6.07, 6.45) is 2.99. The van der Waals surface area contributed by atoms with Gasteiger partial charge in [-0.25, -0.2) is 0 Å². The predicted octanol–water partition coefficient (Wildman–Crippen LogP) is 3.17. The van der Waals surface area contributed by atoms with Gasteiger partial charge < -0.3 is 9.53 Å². The van der Waals surface area contributed by atoms with Gasteiger partial charge in [0.25, 0.3) is 0 Å². The highest BCUT2D eigenvalue weighted by molar-refractivity contribution is 5.75. The Bertz CT molecular complexity index is 378. The fraction of sp³-hybridized carbons (Fsp3) is 0.500. The van der Waals surface area contributed by atoms with E-state index in [0.717, 1.165) is 25.0 Å². The number of ketones is 1. The lowest BCUT2D eigenvalue weighted by atomic mass is 9.69. The van der Waals surface area contributed by atoms with Gasteiger partial charge in [0, 0.05) is 6.42 Å². The molecule has 0 saturated heterocycles. The van der Waals surface area contributed by atoms with E-state index >= 15 is 0 Å². The van der Waals surface area contributed by atoms with Crippen LogP contribution in [0.25, 0.3) is 0 Å². The van der Waals surface area contributed by atoms with E-state index < -0.39 is 0 Å². The summed E-state index contributed by atoms with van der Waals surface area (Å²) in [4.78, 5) is 11.0. The minimum Gasteiger partial charge on any atom is -0.496 e. The maximum atomic E-state index is 11.0. The number of benzene rings is 1. The van der Waals surface area contributed by atoms with Gasteiger partial charge in [0.1, 0.15) is 11.5 Å². The molecule has 0 N–H and O–H groups in total. The average molecular weight is 218 g/mol. The number of carbonyl (C=O) groups excluding carboxylic acids is 1. The molecule has 0 unspecified atom stereocenters. The molecule has 0 aliphatic heterocycles. The summed E-state index contributed by atoms with van der Waals surface area (Å²) in [7, 11) is 1.71. The van der Waals surface area contributed by atoms with Crippen molar-refractivity contribution in [2.45, 2.75) is 32.1 Å². The Morgan fingerprint density at radius 3 is 2.69 bits per heavy atom. The Hall–Kier alpha value is -1.31. The van der Waals surface area contributed by atoms with E-state index in [1.54, 1.807) is 14.0 Å². The number of hydrogen-bond acceptors (Lipinski definition) is 2. The zero-order valence-electron chi connectivity index (χ0n) is 9.90. The highest BCUT2D eigenvalue weighted by Gasteiger charge is 2.32. The lowest BCUT2D eigenvalue weighted by Crippen LogP contribution is -2.24. The first-order valence-corrected chi connectivity index (χ1v) is 5.83. The summed E-state index contributed by atoms with van der Waals surface area (Å²) in [6, 6.07) is 8.19. The largest absolute Gasteiger partial charge is 0.496 e. The van der Waals surface area contributed by atoms with Crippen LogP contribution in [0.15, 0.2) is 24.3 Å². The molecule has 0 bridgehead atoms. The summed E-state index contributed by atoms with van der Waals surface area (Å²) < 4.78 is 5.35. The van der Waals surface area contributed by atoms with Crippen molar-refractivity contribution in [2.24, 2.45) is 5.92 Å². The van der Waals surface area contributed by atoms with Crippen LogP contribution in [0.4, 0.5) is 0 Å². The number of ether oxygens (including phenoxy) is 1. The standard InChI is InChI=1S/C14H18O2/c1-10(15)7-11-8-12(9-11)13-5-3-4-6-14(13)16-2/h3-6,11-12H,7-9H2,1-2H3. The number of para-hydroxylation sites is 1. The van der Waals surface area contributed by atoms with Crippen molar-refractivity contribution < 1.29 is 9.53 Å². The second-order valence-corrected chi connectivity index (χ2v) is 4.68. The smallest absolute Gasteiger partial charge is 0.130 e. The summed E-state index contributed by atoms with van der Waals surface area (Å²) in [5.41, 5.74) is 1.30. The van der Waals surface area contributed by atoms with Crippen molar-refractivity contribution in [3.05, 3.63) is 29.8 Å². The quantitative estimate of drug-likeness (QED) is 0.776. The van der Waals surface area contributed by atoms with E-state index in [-0.39, 0.29) is 0 Å². The SMILES string of the molecule is COc1ccccc1C1CC(CC(C)=O)C1. The van der Waals surface area contributed by atoms with Crippen LogP contribution in [0.1, 0.15) is 37.7 Å². The summed E-state index contributed by atoms with van der Waals surface area (Å²) in [5.74, 6) is 2.46. The van der Waals surface area contributed by atoms with E-state index in [0.29, 0.717) is 17.6 Å². The molecular weight excluding hydrogens is 200 g/mol. The second kappa shape index (κ2) is 4.69. The van der Waals surface area contributed by atoms with Crippen LogP contribution < -0.4 is 4.74 Å². The van der Waals surface area contributed by atoms with Crippen LogP contribution in [0.3, 0.4) is 0 Å². The van der Waals surface area contributed by atoms with Gasteiger partial charge in [0.05, 0.1) is 7.11 Å². The van der Waals surface area contributed by atoms with Crippen molar-refractivity contribution in [1.82, 2.24) is 0 Å². The van der Waals surface area contributed by atoms with Gasteiger partial charge in [0.2, 0.25) is 0 Å². The van der Waals surface area contributed by atoms with Gasteiger partial charge >= 0.3 is 0 Å². The third-order valence-corrected chi connectivity index (χ3v) is 3.39. The summed E-state index contributed by atoms with van der Waals surface area (Å²) >= 11 is 0. The first-order valence-electron chi connectivity index (χ1n) is 5.83. The van der Waals surface area contributed by atoms with Crippen molar-refractivity contribution in [1.29, 1.82) is 0 Å². The Morgan fingerprint density at radius 1 is 1.38 bits per heavy atom. The van der Waals surface area contributed by atoms with E-state index in [9.17, 15) is 4.79 Å². The Labute approximate surface area is 96.6 Å². The molecule has 86 valence electrons. The Kier molecular flexibility index (Phi) is 3.28. The lowest BCUT2D eigenvalue weighted by molar-refractivity contribution is -0.118. The molecule has 2 heteroatoms. The fourth-order valence-electron chi connectivity index (χ4n) is 2.57. The van der Waals surface area contributed by atoms with Crippen LogP contribution in [0, 0.1) is 5.92 Å². The Morgan fingerprint density at radius 2 is 2.06 bits per heavy atom. The highest BCUT2D eigenvalue weighted by atomic mass is 16.5. The monoisotopic (exact) mass is 218 g/mol. The van der Waals surface area contributed by atoms with Crippen LogP contribution in [0.2, 0.25) is 0 Å². The van der Waals surface area contributed by atoms with E-state index in [1.807, 2.05) is 12.1 Å². The molecule has 1 fully saturated rings. The minimum atomic E-state index is 0.309. The second-order valence-electron chi connectivity index (χ2n) is 4.68. The third kappa shape index (κ3) is 2.26. The van der Waals surface area contributed by atoms with Gasteiger partial charge in [-0.3, -0.25) is 0 Å². The Balaban J connectivity index is 1.98. The number of methoxy groups -OCH3 is 1. The maximum absolute atomic E-state index is 11.0. The van der Waals surface area contributed by atoms with Crippen LogP contribution in [0.5, 0.6) is 5.75 Å². The van der Waals surface area contributed by atoms with Crippen molar-refractivity contribution in [3.63, 3.8) is 0 Å². The molecule has 1 aliphatic rings. The summed E-state index contributed by atoms with van der Waals surface area (Å²) in [5, 5.41) is 0. The van der Waals surface area contributed by atoms with Crippen molar-refractivity contribution >= 4 is 5.78 Å². The molecule has 16 heavy (non-hydrogen) atoms. The van der Waals surface area contributed by atoms with Gasteiger partial charge in [-0.2, -0.15) is 0 Å². The molecule has 1 aromatic rings. The van der Waals surface area contributed by atoms with Crippen molar-refractivity contribution in [2.75, 3.05) is 7.11 Å². The van der Waals surface area contributed by atoms with E-state index in [1.165, 1.54) is 5.56 Å². The molecule has 0 aromatic heterocycles. The van der Waals surface area contributed by atoms with Crippen LogP contribution in [-0.2, 0) is 4.79 Å². The molecule has 1 aromatic carbocycles. The molecule has 0 spiro atoms. The van der Waals surface area contributed by atoms with Crippen molar-refractivity contribution in [3.8, 4) is 5.75 Å². The minimum absolute atomic E-state index is 0.309. The molecule has 1 aliphatic carbocycles. The third-order valence-electron chi connectivity index (χ3n) is 3.39. The summed E-state index contributed by atoms with van der Waals surface area (Å²) in [6.45, 7) is 1.68. The maximum Gasteiger partial charge on any atom is 0.130 e. The van der Waals surface area contributed by atoms with Gasteiger partial charge in [0.15, 0.2) is 0 Å². The first-order chi connectivity index (χ1) is 7.70. The zero-order valence-corrected chi connectivity index (χ0v) is 9.90. The molecule has 0 radical (unpaired) electrons. The molecule has 2 nitrogen and oxygen atoms in total. The average Bonchev–Trinajstić information content (AvgIpc) is 2.22. The first kappa shape index (κ1) is 11.2. The fourth-order valence-corrected chi connectivity index (χ4v) is 2.57. The van der Waals surface area contributed by atoms with Crippen LogP contribution >= 0.6 is 0 Å². The normalized spacial score (nSPS) is 23.6. The molecule has 0 amide bonds. The highest BCUT2D eigenvalue weighted by Crippen LogP contribution is 2.46. The van der Waals surface area contributed by atoms with Crippen LogP contribution in [-0.4, -0.2) is 12.9 Å². The van der Waals surface area contributed by atoms with Gasteiger partial charge in [-0.15, -0.1) is 0 Å². The molecular formula is C14H18O2. The van der Waals surface area contributed by atoms with E-state index in [4.69, 9.17) is 4.74 Å². The molecule has 2 rings (SSSR count). The molecule has 0 atom stereocenters. The number of rotatable bonds is 4. The lowest BCUT2D eigenvalue weighted by Gasteiger charge is -2.35. The van der Waals surface area contributed by atoms with E-state index in [2.05, 4.69) is 12.1 Å². The zero-order chi connectivity index (χ0) is 11.5. The van der Waals surface area contributed by atoms with Gasteiger partial charge in [-0.1, -0.05) is 18.2 Å². The van der Waals surface area contributed by atoms with Gasteiger partial charge in [-0.05, 0) is 43.2 Å². The topological polar surface area (TPSA) is 26.3 Å². The number of carbonyl (C=O) groups is 1.